The van der Waals surface area contributed by atoms with Crippen LogP contribution in [0.2, 0.25) is 0 Å². The molecule has 0 unspecified atom stereocenters. The topological polar surface area (TPSA) is 36.1 Å². The third kappa shape index (κ3) is 5.78. The van der Waals surface area contributed by atoms with E-state index in [9.17, 15) is 0 Å². The maximum Gasteiger partial charge on any atom is 0.180 e. The van der Waals surface area contributed by atoms with Crippen molar-refractivity contribution >= 4 is 17.3 Å². The van der Waals surface area contributed by atoms with Crippen LogP contribution in [0.5, 0.6) is 0 Å². The van der Waals surface area contributed by atoms with Gasteiger partial charge in [0.15, 0.2) is 5.11 Å². The van der Waals surface area contributed by atoms with Crippen LogP contribution in [0, 0.1) is 5.92 Å². The lowest BCUT2D eigenvalue weighted by Gasteiger charge is -2.09. The summed E-state index contributed by atoms with van der Waals surface area (Å²) >= 11 is 4.82. The van der Waals surface area contributed by atoms with Crippen molar-refractivity contribution in [3.05, 3.63) is 0 Å². The van der Waals surface area contributed by atoms with Crippen LogP contribution in [0.1, 0.15) is 13.8 Å². The summed E-state index contributed by atoms with van der Waals surface area (Å²) in [6, 6.07) is 0. The van der Waals surface area contributed by atoms with Crippen LogP contribution in [-0.2, 0) is 0 Å². The molecule has 0 saturated carbocycles. The largest absolute Gasteiger partial charge is 0.365 e. The van der Waals surface area contributed by atoms with Gasteiger partial charge in [0.2, 0.25) is 0 Å². The lowest BCUT2D eigenvalue weighted by Crippen LogP contribution is -2.43. The van der Waals surface area contributed by atoms with Gasteiger partial charge in [0.05, 0.1) is 0 Å². The Hall–Kier alpha value is -0.350. The van der Waals surface area contributed by atoms with Crippen molar-refractivity contribution in [2.45, 2.75) is 13.8 Å². The smallest absolute Gasteiger partial charge is 0.180 e. The summed E-state index contributed by atoms with van der Waals surface area (Å²) < 4.78 is 0. The van der Waals surface area contributed by atoms with Crippen molar-refractivity contribution in [1.82, 2.24) is 16.2 Å². The zero-order valence-corrected chi connectivity index (χ0v) is 7.51. The van der Waals surface area contributed by atoms with Crippen LogP contribution >= 0.6 is 12.2 Å². The lowest BCUT2D eigenvalue weighted by atomic mass is 10.2. The third-order valence-electron chi connectivity index (χ3n) is 0.939. The minimum Gasteiger partial charge on any atom is -0.365 e. The summed E-state index contributed by atoms with van der Waals surface area (Å²) in [6.07, 6.45) is 0. The van der Waals surface area contributed by atoms with Crippen LogP contribution in [-0.4, -0.2) is 18.7 Å². The summed E-state index contributed by atoms with van der Waals surface area (Å²) in [7, 11) is 1.78. The summed E-state index contributed by atoms with van der Waals surface area (Å²) in [6.45, 7) is 5.19. The van der Waals surface area contributed by atoms with Crippen molar-refractivity contribution in [1.29, 1.82) is 0 Å². The van der Waals surface area contributed by atoms with Gasteiger partial charge in [0, 0.05) is 13.6 Å². The van der Waals surface area contributed by atoms with Crippen LogP contribution in [0.3, 0.4) is 0 Å². The zero-order chi connectivity index (χ0) is 7.98. The Balaban J connectivity index is 3.12. The van der Waals surface area contributed by atoms with E-state index in [1.54, 1.807) is 7.05 Å². The van der Waals surface area contributed by atoms with Crippen molar-refractivity contribution in [2.75, 3.05) is 13.6 Å². The molecule has 4 heteroatoms. The molecule has 10 heavy (non-hydrogen) atoms. The van der Waals surface area contributed by atoms with Gasteiger partial charge in [0.25, 0.3) is 0 Å². The molecule has 0 atom stereocenters. The molecule has 0 aliphatic heterocycles. The molecule has 0 spiro atoms. The predicted molar refractivity (Wildman–Crippen MR) is 47.6 cm³/mol. The first-order valence-electron chi connectivity index (χ1n) is 3.37. The van der Waals surface area contributed by atoms with E-state index in [4.69, 9.17) is 12.2 Å². The minimum absolute atomic E-state index is 0.626. The van der Waals surface area contributed by atoms with Crippen molar-refractivity contribution in [3.63, 3.8) is 0 Å². The van der Waals surface area contributed by atoms with Gasteiger partial charge in [-0.05, 0) is 18.1 Å². The molecule has 0 heterocycles. The molecule has 0 saturated heterocycles. The van der Waals surface area contributed by atoms with Gasteiger partial charge in [-0.2, -0.15) is 0 Å². The normalized spacial score (nSPS) is 9.60. The SMILES string of the molecule is CNC(=S)NNCC(C)C. The number of rotatable bonds is 3. The first kappa shape index (κ1) is 9.65. The van der Waals surface area contributed by atoms with E-state index in [1.807, 2.05) is 0 Å². The summed E-state index contributed by atoms with van der Waals surface area (Å²) in [4.78, 5) is 0. The first-order chi connectivity index (χ1) is 4.66. The van der Waals surface area contributed by atoms with Gasteiger partial charge in [-0.1, -0.05) is 13.8 Å². The number of hydrazine groups is 1. The average Bonchev–Trinajstić information content (AvgIpc) is 1.87. The van der Waals surface area contributed by atoms with Crippen LogP contribution in [0.4, 0.5) is 0 Å². The molecule has 0 aromatic heterocycles. The Morgan fingerprint density at radius 1 is 1.50 bits per heavy atom. The van der Waals surface area contributed by atoms with Gasteiger partial charge in [0.1, 0.15) is 0 Å². The molecule has 3 nitrogen and oxygen atoms in total. The van der Waals surface area contributed by atoms with Gasteiger partial charge in [-0.3, -0.25) is 5.43 Å². The molecule has 0 aromatic carbocycles. The van der Waals surface area contributed by atoms with Crippen molar-refractivity contribution in [2.24, 2.45) is 5.92 Å². The average molecular weight is 161 g/mol. The Kier molecular flexibility index (Phi) is 5.25. The van der Waals surface area contributed by atoms with Crippen LogP contribution in [0.25, 0.3) is 0 Å². The predicted octanol–water partition coefficient (Wildman–Crippen LogP) is 0.241. The van der Waals surface area contributed by atoms with Crippen LogP contribution < -0.4 is 16.2 Å². The third-order valence-corrected chi connectivity index (χ3v) is 1.25. The van der Waals surface area contributed by atoms with Gasteiger partial charge in [-0.15, -0.1) is 0 Å². The Bertz CT molecular complexity index is 103. The molecule has 0 aliphatic rings. The number of thiocarbonyl (C=S) groups is 1. The van der Waals surface area contributed by atoms with Crippen molar-refractivity contribution < 1.29 is 0 Å². The first-order valence-corrected chi connectivity index (χ1v) is 3.78. The second-order valence-corrected chi connectivity index (χ2v) is 2.89. The Morgan fingerprint density at radius 2 is 2.10 bits per heavy atom. The van der Waals surface area contributed by atoms with E-state index in [-0.39, 0.29) is 0 Å². The van der Waals surface area contributed by atoms with Gasteiger partial charge >= 0.3 is 0 Å². The molecule has 0 radical (unpaired) electrons. The second-order valence-electron chi connectivity index (χ2n) is 2.48. The maximum atomic E-state index is 4.82. The number of nitrogens with one attached hydrogen (secondary N) is 3. The molecule has 0 fully saturated rings. The maximum absolute atomic E-state index is 4.82. The summed E-state index contributed by atoms with van der Waals surface area (Å²) in [5, 5.41) is 3.42. The number of hydrogen-bond donors (Lipinski definition) is 3. The van der Waals surface area contributed by atoms with E-state index < -0.39 is 0 Å². The fourth-order valence-corrected chi connectivity index (χ4v) is 0.470. The van der Waals surface area contributed by atoms with E-state index in [2.05, 4.69) is 30.0 Å². The molecule has 0 bridgehead atoms. The second kappa shape index (κ2) is 5.44. The minimum atomic E-state index is 0.626. The highest BCUT2D eigenvalue weighted by atomic mass is 32.1. The number of hydrogen-bond acceptors (Lipinski definition) is 2. The molecule has 0 rings (SSSR count). The Labute approximate surface area is 67.5 Å². The van der Waals surface area contributed by atoms with Gasteiger partial charge < -0.3 is 5.32 Å². The van der Waals surface area contributed by atoms with Crippen LogP contribution in [0.15, 0.2) is 0 Å². The summed E-state index contributed by atoms with van der Waals surface area (Å²) in [5.41, 5.74) is 5.82. The van der Waals surface area contributed by atoms with E-state index in [0.717, 1.165) is 6.54 Å². The van der Waals surface area contributed by atoms with E-state index >= 15 is 0 Å². The molecular formula is C6H15N3S. The monoisotopic (exact) mass is 161 g/mol. The molecule has 3 N–H and O–H groups in total. The standard InChI is InChI=1S/C6H15N3S/c1-5(2)4-8-9-6(10)7-3/h5,8H,4H2,1-3H3,(H2,7,9,10). The lowest BCUT2D eigenvalue weighted by molar-refractivity contribution is 0.531. The highest BCUT2D eigenvalue weighted by molar-refractivity contribution is 7.80. The fraction of sp³-hybridized carbons (Fsp3) is 0.833. The quantitative estimate of drug-likeness (QED) is 0.409. The highest BCUT2D eigenvalue weighted by Crippen LogP contribution is 1.84. The molecule has 0 amide bonds. The van der Waals surface area contributed by atoms with E-state index in [0.29, 0.717) is 11.0 Å². The Morgan fingerprint density at radius 3 is 2.50 bits per heavy atom. The molecule has 0 aromatic rings. The van der Waals surface area contributed by atoms with Crippen molar-refractivity contribution in [3.8, 4) is 0 Å². The van der Waals surface area contributed by atoms with Gasteiger partial charge in [-0.25, -0.2) is 5.43 Å². The van der Waals surface area contributed by atoms with E-state index in [1.165, 1.54) is 0 Å². The summed E-state index contributed by atoms with van der Waals surface area (Å²) in [5.74, 6) is 0.632. The molecule has 0 aliphatic carbocycles. The fourth-order valence-electron chi connectivity index (χ4n) is 0.398. The highest BCUT2D eigenvalue weighted by Gasteiger charge is 1.91. The molecular weight excluding hydrogens is 146 g/mol. The molecule has 60 valence electrons. The zero-order valence-electron chi connectivity index (χ0n) is 6.69.